The molecule has 1 aliphatic heterocycles. The third-order valence-electron chi connectivity index (χ3n) is 4.84. The number of amides is 2. The van der Waals surface area contributed by atoms with Gasteiger partial charge in [0.25, 0.3) is 5.91 Å². The number of hydroxylamine groups is 1. The second kappa shape index (κ2) is 6.78. The summed E-state index contributed by atoms with van der Waals surface area (Å²) < 4.78 is 11.0. The lowest BCUT2D eigenvalue weighted by atomic mass is 9.81. The molecule has 1 aromatic rings. The first-order valence-electron chi connectivity index (χ1n) is 8.07. The molecule has 1 heterocycles. The fraction of sp³-hybridized carbons (Fsp3) is 0.529. The molecular weight excluding hydrogens is 312 g/mol. The molecule has 1 fully saturated rings. The van der Waals surface area contributed by atoms with Crippen LogP contribution < -0.4 is 10.2 Å². The van der Waals surface area contributed by atoms with Crippen molar-refractivity contribution in [1.29, 1.82) is 0 Å². The molecule has 24 heavy (non-hydrogen) atoms. The first kappa shape index (κ1) is 16.7. The highest BCUT2D eigenvalue weighted by Crippen LogP contribution is 2.34. The molecule has 1 atom stereocenters. The van der Waals surface area contributed by atoms with E-state index in [1.165, 1.54) is 0 Å². The van der Waals surface area contributed by atoms with Crippen LogP contribution in [-0.2, 0) is 16.1 Å². The van der Waals surface area contributed by atoms with Crippen LogP contribution in [0.25, 0.3) is 0 Å². The van der Waals surface area contributed by atoms with Crippen LogP contribution in [0.2, 0.25) is 0 Å². The van der Waals surface area contributed by atoms with Crippen LogP contribution in [0.4, 0.5) is 0 Å². The van der Waals surface area contributed by atoms with Gasteiger partial charge < -0.3 is 14.4 Å². The Hall–Kier alpha value is -2.12. The zero-order valence-corrected chi connectivity index (χ0v) is 13.8. The van der Waals surface area contributed by atoms with E-state index in [2.05, 4.69) is 0 Å². The van der Waals surface area contributed by atoms with Crippen LogP contribution in [0, 0.1) is 5.92 Å². The number of ether oxygens (including phenoxy) is 2. The van der Waals surface area contributed by atoms with Crippen LogP contribution in [-0.4, -0.2) is 47.8 Å². The molecule has 0 spiro atoms. The monoisotopic (exact) mass is 334 g/mol. The number of benzene rings is 1. The van der Waals surface area contributed by atoms with Crippen molar-refractivity contribution >= 4 is 11.8 Å². The molecule has 1 aromatic carbocycles. The predicted molar refractivity (Wildman–Crippen MR) is 84.7 cm³/mol. The van der Waals surface area contributed by atoms with Gasteiger partial charge in [-0.25, -0.2) is 5.48 Å². The maximum atomic E-state index is 12.8. The van der Waals surface area contributed by atoms with Gasteiger partial charge in [-0.1, -0.05) is 6.07 Å². The van der Waals surface area contributed by atoms with Gasteiger partial charge in [-0.15, -0.1) is 0 Å². The van der Waals surface area contributed by atoms with E-state index < -0.39 is 5.91 Å². The van der Waals surface area contributed by atoms with Crippen LogP contribution in [0.5, 0.6) is 5.75 Å². The topological polar surface area (TPSA) is 88.1 Å². The highest BCUT2D eigenvalue weighted by molar-refractivity contribution is 5.93. The molecule has 2 amide bonds. The Labute approximate surface area is 140 Å². The van der Waals surface area contributed by atoms with Gasteiger partial charge in [-0.2, -0.15) is 0 Å². The lowest BCUT2D eigenvalue weighted by Crippen LogP contribution is -2.48. The third kappa shape index (κ3) is 3.09. The van der Waals surface area contributed by atoms with E-state index in [9.17, 15) is 9.59 Å². The summed E-state index contributed by atoms with van der Waals surface area (Å²) in [4.78, 5) is 26.1. The summed E-state index contributed by atoms with van der Waals surface area (Å²) >= 11 is 0. The average Bonchev–Trinajstić information content (AvgIpc) is 2.72. The molecule has 0 unspecified atom stereocenters. The molecule has 2 N–H and O–H groups in total. The van der Waals surface area contributed by atoms with Gasteiger partial charge in [0.05, 0.1) is 12.1 Å². The molecule has 0 radical (unpaired) electrons. The predicted octanol–water partition coefficient (Wildman–Crippen LogP) is 1.34. The fourth-order valence-electron chi connectivity index (χ4n) is 3.15. The van der Waals surface area contributed by atoms with Crippen LogP contribution >= 0.6 is 0 Å². The van der Waals surface area contributed by atoms with Gasteiger partial charge in [0.15, 0.2) is 0 Å². The minimum Gasteiger partial charge on any atom is -0.491 e. The molecule has 0 bridgehead atoms. The van der Waals surface area contributed by atoms with Crippen molar-refractivity contribution in [2.75, 3.05) is 13.7 Å². The molecule has 0 aromatic heterocycles. The molecule has 130 valence electrons. The number of carbonyl (C=O) groups is 2. The van der Waals surface area contributed by atoms with E-state index in [-0.39, 0.29) is 24.0 Å². The van der Waals surface area contributed by atoms with Gasteiger partial charge in [-0.05, 0) is 31.9 Å². The average molecular weight is 334 g/mol. The van der Waals surface area contributed by atoms with E-state index in [4.69, 9.17) is 14.7 Å². The highest BCUT2D eigenvalue weighted by Gasteiger charge is 2.39. The van der Waals surface area contributed by atoms with Crippen molar-refractivity contribution < 1.29 is 24.3 Å². The summed E-state index contributed by atoms with van der Waals surface area (Å²) in [6.07, 6.45) is 1.72. The number of hydrogen-bond donors (Lipinski definition) is 2. The Kier molecular flexibility index (Phi) is 4.73. The number of nitrogens with one attached hydrogen (secondary N) is 1. The first-order chi connectivity index (χ1) is 11.5. The molecule has 0 saturated heterocycles. The molecule has 7 heteroatoms. The summed E-state index contributed by atoms with van der Waals surface area (Å²) in [5, 5.41) is 8.74. The van der Waals surface area contributed by atoms with Crippen molar-refractivity contribution in [2.45, 2.75) is 38.5 Å². The maximum absolute atomic E-state index is 12.8. The number of hydrogen-bond acceptors (Lipinski definition) is 5. The summed E-state index contributed by atoms with van der Waals surface area (Å²) in [7, 11) is 1.67. The molecule has 3 rings (SSSR count). The zero-order valence-electron chi connectivity index (χ0n) is 13.8. The van der Waals surface area contributed by atoms with E-state index >= 15 is 0 Å². The molecule has 7 nitrogen and oxygen atoms in total. The minimum atomic E-state index is -0.591. The number of nitrogens with zero attached hydrogens (tertiary/aromatic N) is 1. The standard InChI is InChI=1S/C17H22N2O5/c1-10-9-24-15-7-11(16(20)18-22)3-4-12(15)8-19(10)17(21)13-5-14(6-13)23-2/h3-4,7,10,13-14,22H,5-6,8-9H2,1-2H3,(H,18,20)/t10-,13?,14?/m0/s1. The smallest absolute Gasteiger partial charge is 0.274 e. The molecule has 2 aliphatic rings. The normalized spacial score (nSPS) is 25.8. The van der Waals surface area contributed by atoms with Gasteiger partial charge >= 0.3 is 0 Å². The Morgan fingerprint density at radius 3 is 2.79 bits per heavy atom. The Morgan fingerprint density at radius 1 is 1.38 bits per heavy atom. The Morgan fingerprint density at radius 2 is 2.12 bits per heavy atom. The third-order valence-corrected chi connectivity index (χ3v) is 4.84. The number of methoxy groups -OCH3 is 1. The minimum absolute atomic E-state index is 0.0124. The van der Waals surface area contributed by atoms with Gasteiger partial charge in [-0.3, -0.25) is 14.8 Å². The van der Waals surface area contributed by atoms with Crippen molar-refractivity contribution in [3.8, 4) is 5.75 Å². The van der Waals surface area contributed by atoms with E-state index in [0.29, 0.717) is 24.5 Å². The summed E-state index contributed by atoms with van der Waals surface area (Å²) in [5.74, 6) is 0.121. The largest absolute Gasteiger partial charge is 0.491 e. The fourth-order valence-corrected chi connectivity index (χ4v) is 3.15. The van der Waals surface area contributed by atoms with E-state index in [0.717, 1.165) is 18.4 Å². The first-order valence-corrected chi connectivity index (χ1v) is 8.07. The van der Waals surface area contributed by atoms with Crippen molar-refractivity contribution in [3.05, 3.63) is 29.3 Å². The Bertz CT molecular complexity index is 642. The summed E-state index contributed by atoms with van der Waals surface area (Å²) in [6, 6.07) is 4.90. The van der Waals surface area contributed by atoms with Crippen molar-refractivity contribution in [3.63, 3.8) is 0 Å². The zero-order chi connectivity index (χ0) is 17.3. The summed E-state index contributed by atoms with van der Waals surface area (Å²) in [6.45, 7) is 2.77. The number of carbonyl (C=O) groups excluding carboxylic acids is 2. The van der Waals surface area contributed by atoms with Gasteiger partial charge in [0, 0.05) is 30.7 Å². The Balaban J connectivity index is 1.77. The maximum Gasteiger partial charge on any atom is 0.274 e. The van der Waals surface area contributed by atoms with E-state index in [1.807, 2.05) is 11.8 Å². The van der Waals surface area contributed by atoms with Gasteiger partial charge in [0.2, 0.25) is 5.91 Å². The van der Waals surface area contributed by atoms with Crippen LogP contribution in [0.15, 0.2) is 18.2 Å². The van der Waals surface area contributed by atoms with Crippen molar-refractivity contribution in [1.82, 2.24) is 10.4 Å². The van der Waals surface area contributed by atoms with Crippen LogP contribution in [0.3, 0.4) is 0 Å². The quantitative estimate of drug-likeness (QED) is 0.643. The van der Waals surface area contributed by atoms with Gasteiger partial charge in [0.1, 0.15) is 12.4 Å². The lowest BCUT2D eigenvalue weighted by Gasteiger charge is -2.38. The second-order valence-corrected chi connectivity index (χ2v) is 6.42. The van der Waals surface area contributed by atoms with E-state index in [1.54, 1.807) is 30.8 Å². The number of rotatable bonds is 3. The molecular formula is C17H22N2O5. The second-order valence-electron chi connectivity index (χ2n) is 6.42. The lowest BCUT2D eigenvalue weighted by molar-refractivity contribution is -0.146. The number of fused-ring (bicyclic) bond motifs is 1. The van der Waals surface area contributed by atoms with Crippen LogP contribution in [0.1, 0.15) is 35.7 Å². The molecule has 1 aliphatic carbocycles. The summed E-state index contributed by atoms with van der Waals surface area (Å²) in [5.41, 5.74) is 2.77. The SMILES string of the molecule is COC1CC(C(=O)N2Cc3ccc(C(=O)NO)cc3OC[C@@H]2C)C1. The molecule has 1 saturated carbocycles. The highest BCUT2D eigenvalue weighted by atomic mass is 16.5. The van der Waals surface area contributed by atoms with Crippen molar-refractivity contribution in [2.24, 2.45) is 5.92 Å².